The summed E-state index contributed by atoms with van der Waals surface area (Å²) in [5, 5.41) is 11.2. The van der Waals surface area contributed by atoms with Crippen molar-refractivity contribution >= 4 is 29.6 Å². The van der Waals surface area contributed by atoms with Crippen LogP contribution in [-0.4, -0.2) is 48.4 Å². The van der Waals surface area contributed by atoms with Crippen LogP contribution in [0.5, 0.6) is 17.2 Å². The average Bonchev–Trinajstić information content (AvgIpc) is 3.06. The summed E-state index contributed by atoms with van der Waals surface area (Å²) in [7, 11) is 1.54. The fraction of sp³-hybridized carbons (Fsp3) is 0.182. The van der Waals surface area contributed by atoms with Gasteiger partial charge in [0.15, 0.2) is 12.4 Å². The molecule has 0 aliphatic carbocycles. The second-order valence-corrected chi connectivity index (χ2v) is 6.79. The van der Waals surface area contributed by atoms with Crippen molar-refractivity contribution < 1.29 is 38.5 Å². The Balaban J connectivity index is 1.65. The summed E-state index contributed by atoms with van der Waals surface area (Å²) < 4.78 is 16.2. The number of rotatable bonds is 9. The van der Waals surface area contributed by atoms with Gasteiger partial charge in [0.25, 0.3) is 5.91 Å². The number of nitrogens with one attached hydrogen (secondary N) is 1. The summed E-state index contributed by atoms with van der Waals surface area (Å²) in [6.07, 6.45) is 1.04. The summed E-state index contributed by atoms with van der Waals surface area (Å²) in [6, 6.07) is 10.1. The van der Waals surface area contributed by atoms with Crippen molar-refractivity contribution in [3.8, 4) is 17.2 Å². The minimum Gasteiger partial charge on any atom is -0.497 e. The van der Waals surface area contributed by atoms with E-state index in [0.717, 1.165) is 5.56 Å². The van der Waals surface area contributed by atoms with E-state index in [1.807, 2.05) is 0 Å². The third kappa shape index (κ3) is 5.42. The van der Waals surface area contributed by atoms with E-state index in [9.17, 15) is 19.2 Å². The van der Waals surface area contributed by atoms with Gasteiger partial charge in [0.2, 0.25) is 11.7 Å². The van der Waals surface area contributed by atoms with Crippen molar-refractivity contribution in [2.24, 2.45) is 5.73 Å². The standard InChI is InChI=1S/C22H20N2O8/c1-30-13-4-2-3-12(7-13)8-18-21(27)15-6-5-14(9-17(15)32-18)31-11-20(26)24-16(22(28)29)10-19(23)25/h2-9,16H,10-11H2,1H3,(H2,23,25)(H,24,26)(H,28,29)/b18-8-/t16-/m0/s1. The van der Waals surface area contributed by atoms with Gasteiger partial charge in [-0.05, 0) is 35.9 Å². The molecule has 1 aliphatic rings. The Morgan fingerprint density at radius 1 is 1.19 bits per heavy atom. The minimum absolute atomic E-state index is 0.124. The van der Waals surface area contributed by atoms with Gasteiger partial charge in [0.05, 0.1) is 19.1 Å². The van der Waals surface area contributed by atoms with Gasteiger partial charge in [-0.3, -0.25) is 14.4 Å². The smallest absolute Gasteiger partial charge is 0.326 e. The number of ketones is 1. The van der Waals surface area contributed by atoms with E-state index in [1.54, 1.807) is 37.5 Å². The molecule has 0 bridgehead atoms. The first-order chi connectivity index (χ1) is 15.3. The van der Waals surface area contributed by atoms with E-state index >= 15 is 0 Å². The maximum atomic E-state index is 12.6. The fourth-order valence-electron chi connectivity index (χ4n) is 2.93. The summed E-state index contributed by atoms with van der Waals surface area (Å²) in [5.41, 5.74) is 6.03. The van der Waals surface area contributed by atoms with Gasteiger partial charge < -0.3 is 30.4 Å². The molecule has 3 rings (SSSR count). The number of Topliss-reactive ketones (excluding diaryl/α,β-unsaturated/α-hetero) is 1. The van der Waals surface area contributed by atoms with Crippen LogP contribution in [0.1, 0.15) is 22.3 Å². The number of primary amides is 1. The normalized spacial score (nSPS) is 14.3. The highest BCUT2D eigenvalue weighted by Crippen LogP contribution is 2.35. The number of nitrogens with two attached hydrogens (primary N) is 1. The molecule has 0 saturated heterocycles. The number of fused-ring (bicyclic) bond motifs is 1. The highest BCUT2D eigenvalue weighted by Gasteiger charge is 2.28. The van der Waals surface area contributed by atoms with Gasteiger partial charge in [-0.2, -0.15) is 0 Å². The van der Waals surface area contributed by atoms with E-state index < -0.39 is 36.9 Å². The summed E-state index contributed by atoms with van der Waals surface area (Å²) >= 11 is 0. The average molecular weight is 440 g/mol. The minimum atomic E-state index is -1.45. The predicted molar refractivity (Wildman–Crippen MR) is 111 cm³/mol. The van der Waals surface area contributed by atoms with Crippen LogP contribution in [0.15, 0.2) is 48.2 Å². The molecule has 1 heterocycles. The largest absolute Gasteiger partial charge is 0.497 e. The zero-order chi connectivity index (χ0) is 23.3. The Morgan fingerprint density at radius 2 is 1.97 bits per heavy atom. The van der Waals surface area contributed by atoms with Crippen molar-refractivity contribution in [1.82, 2.24) is 5.32 Å². The lowest BCUT2D eigenvalue weighted by molar-refractivity contribution is -0.143. The van der Waals surface area contributed by atoms with Crippen molar-refractivity contribution in [3.63, 3.8) is 0 Å². The Hall–Kier alpha value is -4.34. The number of carbonyl (C=O) groups excluding carboxylic acids is 3. The number of carboxylic acid groups (broad SMARTS) is 1. The number of carbonyl (C=O) groups is 4. The molecule has 10 nitrogen and oxygen atoms in total. The van der Waals surface area contributed by atoms with Crippen molar-refractivity contribution in [1.29, 1.82) is 0 Å². The number of ether oxygens (including phenoxy) is 3. The number of hydrogen-bond acceptors (Lipinski definition) is 7. The number of hydrogen-bond donors (Lipinski definition) is 3. The Bertz CT molecular complexity index is 1110. The first-order valence-electron chi connectivity index (χ1n) is 9.42. The zero-order valence-corrected chi connectivity index (χ0v) is 17.0. The third-order valence-electron chi connectivity index (χ3n) is 4.44. The molecule has 0 saturated carbocycles. The van der Waals surface area contributed by atoms with E-state index in [-0.39, 0.29) is 23.0 Å². The first kappa shape index (κ1) is 22.3. The molecular formula is C22H20N2O8. The van der Waals surface area contributed by atoms with Crippen LogP contribution in [0.3, 0.4) is 0 Å². The number of amides is 2. The second kappa shape index (κ2) is 9.65. The lowest BCUT2D eigenvalue weighted by atomic mass is 10.1. The molecule has 1 aliphatic heterocycles. The van der Waals surface area contributed by atoms with Crippen molar-refractivity contribution in [2.45, 2.75) is 12.5 Å². The molecule has 32 heavy (non-hydrogen) atoms. The molecule has 2 aromatic rings. The van der Waals surface area contributed by atoms with Gasteiger partial charge in [-0.15, -0.1) is 0 Å². The van der Waals surface area contributed by atoms with Crippen LogP contribution >= 0.6 is 0 Å². The number of aliphatic carboxylic acids is 1. The fourth-order valence-corrected chi connectivity index (χ4v) is 2.93. The summed E-state index contributed by atoms with van der Waals surface area (Å²) in [5.74, 6) is -2.06. The molecule has 2 amide bonds. The van der Waals surface area contributed by atoms with E-state index in [0.29, 0.717) is 11.3 Å². The van der Waals surface area contributed by atoms with Gasteiger partial charge in [-0.25, -0.2) is 4.79 Å². The highest BCUT2D eigenvalue weighted by molar-refractivity contribution is 6.14. The van der Waals surface area contributed by atoms with Gasteiger partial charge in [-0.1, -0.05) is 12.1 Å². The topological polar surface area (TPSA) is 154 Å². The maximum absolute atomic E-state index is 12.6. The zero-order valence-electron chi connectivity index (χ0n) is 17.0. The predicted octanol–water partition coefficient (Wildman–Crippen LogP) is 1.14. The first-order valence-corrected chi connectivity index (χ1v) is 9.42. The molecule has 10 heteroatoms. The van der Waals surface area contributed by atoms with Crippen LogP contribution in [0.2, 0.25) is 0 Å². The Kier molecular flexibility index (Phi) is 6.74. The van der Waals surface area contributed by atoms with Gasteiger partial charge in [0, 0.05) is 6.07 Å². The van der Waals surface area contributed by atoms with E-state index in [2.05, 4.69) is 5.32 Å². The Morgan fingerprint density at radius 3 is 2.66 bits per heavy atom. The maximum Gasteiger partial charge on any atom is 0.326 e. The molecule has 0 spiro atoms. The van der Waals surface area contributed by atoms with Gasteiger partial charge >= 0.3 is 5.97 Å². The molecule has 0 fully saturated rings. The van der Waals surface area contributed by atoms with Crippen LogP contribution < -0.4 is 25.3 Å². The molecular weight excluding hydrogens is 420 g/mol. The number of carboxylic acids is 1. The SMILES string of the molecule is COc1cccc(/C=C2\Oc3cc(OCC(=O)N[C@@H](CC(N)=O)C(=O)O)ccc3C2=O)c1. The van der Waals surface area contributed by atoms with Crippen LogP contribution in [0, 0.1) is 0 Å². The van der Waals surface area contributed by atoms with Crippen molar-refractivity contribution in [3.05, 3.63) is 59.4 Å². The Labute approximate surface area is 182 Å². The monoisotopic (exact) mass is 440 g/mol. The lowest BCUT2D eigenvalue weighted by Crippen LogP contribution is -2.45. The molecule has 166 valence electrons. The van der Waals surface area contributed by atoms with Crippen LogP contribution in [-0.2, 0) is 14.4 Å². The molecule has 0 aromatic heterocycles. The summed E-state index contributed by atoms with van der Waals surface area (Å²) in [4.78, 5) is 46.5. The molecule has 4 N–H and O–H groups in total. The quantitative estimate of drug-likeness (QED) is 0.490. The number of allylic oxidation sites excluding steroid dienone is 1. The van der Waals surface area contributed by atoms with Gasteiger partial charge in [0.1, 0.15) is 23.3 Å². The third-order valence-corrected chi connectivity index (χ3v) is 4.44. The number of benzene rings is 2. The van der Waals surface area contributed by atoms with Crippen LogP contribution in [0.25, 0.3) is 6.08 Å². The lowest BCUT2D eigenvalue weighted by Gasteiger charge is -2.13. The molecule has 0 radical (unpaired) electrons. The van der Waals surface area contributed by atoms with E-state index in [1.165, 1.54) is 18.2 Å². The van der Waals surface area contributed by atoms with Crippen LogP contribution in [0.4, 0.5) is 0 Å². The number of methoxy groups -OCH3 is 1. The highest BCUT2D eigenvalue weighted by atomic mass is 16.5. The molecule has 2 aromatic carbocycles. The summed E-state index contributed by atoms with van der Waals surface area (Å²) in [6.45, 7) is -0.512. The molecule has 0 unspecified atom stereocenters. The van der Waals surface area contributed by atoms with E-state index in [4.69, 9.17) is 25.1 Å². The molecule has 1 atom stereocenters. The second-order valence-electron chi connectivity index (χ2n) is 6.79. The van der Waals surface area contributed by atoms with Crippen molar-refractivity contribution in [2.75, 3.05) is 13.7 Å².